The van der Waals surface area contributed by atoms with Gasteiger partial charge in [-0.25, -0.2) is 4.99 Å². The Morgan fingerprint density at radius 3 is 2.26 bits per heavy atom. The third-order valence-corrected chi connectivity index (χ3v) is 3.97. The summed E-state index contributed by atoms with van der Waals surface area (Å²) in [5.41, 5.74) is 3.43. The van der Waals surface area contributed by atoms with Gasteiger partial charge < -0.3 is 25.4 Å². The summed E-state index contributed by atoms with van der Waals surface area (Å²) in [6.07, 6.45) is 0. The van der Waals surface area contributed by atoms with Crippen LogP contribution < -0.4 is 20.7 Å². The van der Waals surface area contributed by atoms with Crippen LogP contribution in [0.5, 0.6) is 5.75 Å². The predicted octanol–water partition coefficient (Wildman–Crippen LogP) is 3.01. The van der Waals surface area contributed by atoms with Gasteiger partial charge in [-0.15, -0.1) is 0 Å². The number of ether oxygens (including phenoxy) is 2. The first kappa shape index (κ1) is 20.6. The molecule has 146 valence electrons. The first-order valence-corrected chi connectivity index (χ1v) is 9.22. The summed E-state index contributed by atoms with van der Waals surface area (Å²) < 4.78 is 10.2. The van der Waals surface area contributed by atoms with Crippen molar-refractivity contribution in [1.29, 1.82) is 0 Å². The second kappa shape index (κ2) is 11.8. The molecule has 27 heavy (non-hydrogen) atoms. The lowest BCUT2D eigenvalue weighted by Crippen LogP contribution is -2.36. The molecule has 0 aliphatic carbocycles. The lowest BCUT2D eigenvalue weighted by atomic mass is 10.2. The summed E-state index contributed by atoms with van der Waals surface area (Å²) in [7, 11) is 3.37. The zero-order valence-electron chi connectivity index (χ0n) is 16.4. The van der Waals surface area contributed by atoms with Crippen molar-refractivity contribution in [1.82, 2.24) is 10.6 Å². The lowest BCUT2D eigenvalue weighted by Gasteiger charge is -2.12. The summed E-state index contributed by atoms with van der Waals surface area (Å²) in [6, 6.07) is 16.3. The molecule has 2 aromatic rings. The van der Waals surface area contributed by atoms with Crippen LogP contribution in [0.2, 0.25) is 0 Å². The molecule has 0 aliphatic heterocycles. The van der Waals surface area contributed by atoms with Crippen LogP contribution in [-0.4, -0.2) is 39.9 Å². The Kier molecular flexibility index (Phi) is 9.00. The number of rotatable bonds is 10. The van der Waals surface area contributed by atoms with Crippen LogP contribution in [0.3, 0.4) is 0 Å². The van der Waals surface area contributed by atoms with Crippen LogP contribution in [-0.2, 0) is 17.8 Å². The zero-order valence-corrected chi connectivity index (χ0v) is 16.4. The van der Waals surface area contributed by atoms with Gasteiger partial charge in [0.1, 0.15) is 5.75 Å². The van der Waals surface area contributed by atoms with Gasteiger partial charge in [0, 0.05) is 32.4 Å². The Hall–Kier alpha value is -2.73. The molecule has 0 heterocycles. The van der Waals surface area contributed by atoms with Crippen LogP contribution in [0.4, 0.5) is 5.69 Å². The smallest absolute Gasteiger partial charge is 0.191 e. The highest BCUT2D eigenvalue weighted by atomic mass is 16.5. The van der Waals surface area contributed by atoms with Crippen LogP contribution >= 0.6 is 0 Å². The minimum Gasteiger partial charge on any atom is -0.497 e. The molecule has 0 radical (unpaired) electrons. The highest BCUT2D eigenvalue weighted by Crippen LogP contribution is 2.12. The van der Waals surface area contributed by atoms with E-state index in [0.717, 1.165) is 36.0 Å². The summed E-state index contributed by atoms with van der Waals surface area (Å²) in [6.45, 7) is 5.70. The van der Waals surface area contributed by atoms with E-state index >= 15 is 0 Å². The average Bonchev–Trinajstić information content (AvgIpc) is 2.71. The van der Waals surface area contributed by atoms with Gasteiger partial charge >= 0.3 is 0 Å². The highest BCUT2D eigenvalue weighted by Gasteiger charge is 2.00. The Labute approximate surface area is 162 Å². The van der Waals surface area contributed by atoms with E-state index in [1.54, 1.807) is 14.2 Å². The number of aliphatic imine (C=N–C) groups is 1. The Morgan fingerprint density at radius 1 is 0.926 bits per heavy atom. The van der Waals surface area contributed by atoms with Gasteiger partial charge in [-0.1, -0.05) is 24.3 Å². The quantitative estimate of drug-likeness (QED) is 0.341. The lowest BCUT2D eigenvalue weighted by molar-refractivity contribution is 0.211. The van der Waals surface area contributed by atoms with Crippen molar-refractivity contribution in [2.75, 3.05) is 39.2 Å². The molecule has 0 aromatic heterocycles. The van der Waals surface area contributed by atoms with Gasteiger partial charge in [0.05, 0.1) is 20.3 Å². The maximum absolute atomic E-state index is 5.19. The number of nitrogens with zero attached hydrogens (tertiary/aromatic N) is 1. The summed E-state index contributed by atoms with van der Waals surface area (Å²) in [5.74, 6) is 1.66. The molecule has 0 atom stereocenters. The van der Waals surface area contributed by atoms with E-state index < -0.39 is 0 Å². The van der Waals surface area contributed by atoms with Crippen molar-refractivity contribution in [3.05, 3.63) is 59.7 Å². The summed E-state index contributed by atoms with van der Waals surface area (Å²) in [4.78, 5) is 4.65. The summed E-state index contributed by atoms with van der Waals surface area (Å²) in [5, 5.41) is 9.97. The first-order chi connectivity index (χ1) is 13.2. The molecule has 0 unspecified atom stereocenters. The number of hydrogen-bond donors (Lipinski definition) is 3. The van der Waals surface area contributed by atoms with Gasteiger partial charge in [-0.3, -0.25) is 0 Å². The second-order valence-corrected chi connectivity index (χ2v) is 6.01. The molecule has 6 heteroatoms. The molecule has 0 aliphatic rings. The third-order valence-electron chi connectivity index (χ3n) is 3.97. The molecule has 0 spiro atoms. The fraction of sp³-hybridized carbons (Fsp3) is 0.381. The van der Waals surface area contributed by atoms with E-state index in [1.165, 1.54) is 5.56 Å². The van der Waals surface area contributed by atoms with Crippen molar-refractivity contribution in [2.45, 2.75) is 20.0 Å². The van der Waals surface area contributed by atoms with Crippen molar-refractivity contribution >= 4 is 11.6 Å². The largest absolute Gasteiger partial charge is 0.497 e. The monoisotopic (exact) mass is 370 g/mol. The average molecular weight is 370 g/mol. The molecule has 2 rings (SSSR count). The number of methoxy groups -OCH3 is 2. The Bertz CT molecular complexity index is 684. The maximum atomic E-state index is 5.19. The van der Waals surface area contributed by atoms with E-state index in [-0.39, 0.29) is 0 Å². The van der Waals surface area contributed by atoms with Gasteiger partial charge in [-0.2, -0.15) is 0 Å². The van der Waals surface area contributed by atoms with Gasteiger partial charge in [-0.05, 0) is 42.3 Å². The number of nitrogens with one attached hydrogen (secondary N) is 3. The fourth-order valence-electron chi connectivity index (χ4n) is 2.47. The van der Waals surface area contributed by atoms with Crippen LogP contribution in [0.25, 0.3) is 0 Å². The molecular weight excluding hydrogens is 340 g/mol. The second-order valence-electron chi connectivity index (χ2n) is 6.01. The number of anilines is 1. The van der Waals surface area contributed by atoms with Crippen LogP contribution in [0.15, 0.2) is 53.5 Å². The SMILES string of the molecule is CCNC(=NCc1ccc(OC)cc1)NCc1ccc(NCCOC)cc1. The molecule has 0 saturated carbocycles. The van der Waals surface area contributed by atoms with Crippen molar-refractivity contribution in [2.24, 2.45) is 4.99 Å². The predicted molar refractivity (Wildman–Crippen MR) is 111 cm³/mol. The van der Waals surface area contributed by atoms with Gasteiger partial charge in [0.15, 0.2) is 5.96 Å². The maximum Gasteiger partial charge on any atom is 0.191 e. The molecular formula is C21H30N4O2. The molecule has 3 N–H and O–H groups in total. The van der Waals surface area contributed by atoms with E-state index in [2.05, 4.69) is 52.1 Å². The zero-order chi connectivity index (χ0) is 19.3. The van der Waals surface area contributed by atoms with Gasteiger partial charge in [0.2, 0.25) is 0 Å². The van der Waals surface area contributed by atoms with E-state index in [9.17, 15) is 0 Å². The van der Waals surface area contributed by atoms with E-state index in [0.29, 0.717) is 19.7 Å². The summed E-state index contributed by atoms with van der Waals surface area (Å²) >= 11 is 0. The number of benzene rings is 2. The normalized spacial score (nSPS) is 11.1. The number of guanidine groups is 1. The standard InChI is InChI=1S/C21H30N4O2/c1-4-22-21(25-16-18-7-11-20(27-3)12-8-18)24-15-17-5-9-19(10-6-17)23-13-14-26-2/h5-12,23H,4,13-16H2,1-3H3,(H2,22,24,25). The van der Waals surface area contributed by atoms with Crippen molar-refractivity contribution in [3.8, 4) is 5.75 Å². The highest BCUT2D eigenvalue weighted by molar-refractivity contribution is 5.79. The molecule has 2 aromatic carbocycles. The topological polar surface area (TPSA) is 66.9 Å². The molecule has 0 amide bonds. The molecule has 0 fully saturated rings. The van der Waals surface area contributed by atoms with E-state index in [4.69, 9.17) is 9.47 Å². The van der Waals surface area contributed by atoms with Crippen LogP contribution in [0.1, 0.15) is 18.1 Å². The van der Waals surface area contributed by atoms with E-state index in [1.807, 2.05) is 24.3 Å². The van der Waals surface area contributed by atoms with Crippen molar-refractivity contribution < 1.29 is 9.47 Å². The van der Waals surface area contributed by atoms with Crippen LogP contribution in [0, 0.1) is 0 Å². The minimum atomic E-state index is 0.613. The molecule has 6 nitrogen and oxygen atoms in total. The van der Waals surface area contributed by atoms with Crippen molar-refractivity contribution in [3.63, 3.8) is 0 Å². The molecule has 0 bridgehead atoms. The van der Waals surface area contributed by atoms with Gasteiger partial charge in [0.25, 0.3) is 0 Å². The third kappa shape index (κ3) is 7.58. The minimum absolute atomic E-state index is 0.613. The Morgan fingerprint density at radius 2 is 1.63 bits per heavy atom. The first-order valence-electron chi connectivity index (χ1n) is 9.22. The molecule has 0 saturated heterocycles. The number of hydrogen-bond acceptors (Lipinski definition) is 4. The Balaban J connectivity index is 1.87. The fourth-order valence-corrected chi connectivity index (χ4v) is 2.47.